The highest BCUT2D eigenvalue weighted by molar-refractivity contribution is 5.69. The van der Waals surface area contributed by atoms with Gasteiger partial charge in [0.05, 0.1) is 0 Å². The molecule has 0 spiro atoms. The average molecular weight is 320 g/mol. The van der Waals surface area contributed by atoms with Crippen molar-refractivity contribution < 1.29 is 34.7 Å². The molecule has 0 aromatic rings. The number of rotatable bonds is 9. The third-order valence-electron chi connectivity index (χ3n) is 3.83. The van der Waals surface area contributed by atoms with Gasteiger partial charge < -0.3 is 29.9 Å². The topological polar surface area (TPSA) is 116 Å². The van der Waals surface area contributed by atoms with Gasteiger partial charge in [-0.05, 0) is 6.42 Å². The van der Waals surface area contributed by atoms with Crippen LogP contribution in [0.2, 0.25) is 0 Å². The predicted octanol–water partition coefficient (Wildman–Crippen LogP) is 0.0801. The number of ether oxygens (including phenoxy) is 2. The summed E-state index contributed by atoms with van der Waals surface area (Å²) in [7, 11) is 0. The molecule has 5 unspecified atom stereocenters. The van der Waals surface area contributed by atoms with Gasteiger partial charge >= 0.3 is 5.97 Å². The molecule has 0 aliphatic carbocycles. The van der Waals surface area contributed by atoms with E-state index in [1.165, 1.54) is 19.3 Å². The molecular weight excluding hydrogens is 292 g/mol. The molecule has 5 atom stereocenters. The molecule has 1 heterocycles. The fourth-order valence-corrected chi connectivity index (χ4v) is 2.37. The minimum Gasteiger partial charge on any atom is -0.463 e. The second-order valence-corrected chi connectivity index (χ2v) is 5.74. The van der Waals surface area contributed by atoms with Gasteiger partial charge in [-0.2, -0.15) is 0 Å². The van der Waals surface area contributed by atoms with Gasteiger partial charge in [-0.25, -0.2) is 0 Å². The van der Waals surface area contributed by atoms with E-state index in [-0.39, 0.29) is 6.61 Å². The molecule has 0 amide bonds. The van der Waals surface area contributed by atoms with Crippen LogP contribution in [0.25, 0.3) is 0 Å². The Labute approximate surface area is 130 Å². The third-order valence-corrected chi connectivity index (χ3v) is 3.83. The zero-order valence-electron chi connectivity index (χ0n) is 13.1. The lowest BCUT2D eigenvalue weighted by molar-refractivity contribution is -0.287. The van der Waals surface area contributed by atoms with Crippen molar-refractivity contribution in [1.82, 2.24) is 0 Å². The molecule has 130 valence electrons. The molecule has 22 heavy (non-hydrogen) atoms. The smallest absolute Gasteiger partial charge is 0.305 e. The minimum absolute atomic E-state index is 0.267. The molecule has 0 bridgehead atoms. The highest BCUT2D eigenvalue weighted by atomic mass is 16.6. The van der Waals surface area contributed by atoms with Gasteiger partial charge in [0.1, 0.15) is 31.0 Å². The Bertz CT molecular complexity index is 323. The Kier molecular flexibility index (Phi) is 8.89. The van der Waals surface area contributed by atoms with Crippen molar-refractivity contribution in [3.8, 4) is 0 Å². The van der Waals surface area contributed by atoms with Crippen molar-refractivity contribution in [2.45, 2.75) is 82.6 Å². The van der Waals surface area contributed by atoms with Gasteiger partial charge in [0.15, 0.2) is 6.29 Å². The second-order valence-electron chi connectivity index (χ2n) is 5.74. The van der Waals surface area contributed by atoms with E-state index in [1.807, 2.05) is 0 Å². The monoisotopic (exact) mass is 320 g/mol. The number of aliphatic hydroxyl groups is 4. The van der Waals surface area contributed by atoms with Gasteiger partial charge in [-0.1, -0.05) is 39.0 Å². The number of aliphatic hydroxyl groups excluding tert-OH is 4. The molecule has 4 N–H and O–H groups in total. The van der Waals surface area contributed by atoms with Crippen LogP contribution in [0.4, 0.5) is 0 Å². The van der Waals surface area contributed by atoms with Crippen LogP contribution in [0.1, 0.15) is 51.9 Å². The number of esters is 1. The Morgan fingerprint density at radius 1 is 0.955 bits per heavy atom. The number of carbonyl (C=O) groups excluding carboxylic acids is 1. The van der Waals surface area contributed by atoms with Crippen LogP contribution >= 0.6 is 0 Å². The van der Waals surface area contributed by atoms with E-state index in [0.717, 1.165) is 19.3 Å². The lowest BCUT2D eigenvalue weighted by Gasteiger charge is -2.37. The van der Waals surface area contributed by atoms with Gasteiger partial charge in [0, 0.05) is 6.42 Å². The normalized spacial score (nSPS) is 32.0. The van der Waals surface area contributed by atoms with Gasteiger partial charge in [0.2, 0.25) is 0 Å². The van der Waals surface area contributed by atoms with Crippen LogP contribution in [0.15, 0.2) is 0 Å². The number of hydrogen-bond acceptors (Lipinski definition) is 7. The number of carbonyl (C=O) groups is 1. The standard InChI is InChI=1S/C15H28O7/c1-2-3-4-5-6-7-8-11(16)21-9-10-12(17)13(18)14(19)15(20)22-10/h10,12-15,17-20H,2-9H2,1H3. The maximum absolute atomic E-state index is 11.6. The molecule has 1 aliphatic rings. The van der Waals surface area contributed by atoms with Crippen LogP contribution in [-0.2, 0) is 14.3 Å². The highest BCUT2D eigenvalue weighted by Crippen LogP contribution is 2.20. The molecule has 1 fully saturated rings. The Hall–Kier alpha value is -0.730. The predicted molar refractivity (Wildman–Crippen MR) is 77.9 cm³/mol. The lowest BCUT2D eigenvalue weighted by Crippen LogP contribution is -2.58. The first-order chi connectivity index (χ1) is 10.5. The Morgan fingerprint density at radius 3 is 2.27 bits per heavy atom. The van der Waals surface area contributed by atoms with Gasteiger partial charge in [-0.3, -0.25) is 4.79 Å². The Morgan fingerprint density at radius 2 is 1.59 bits per heavy atom. The maximum atomic E-state index is 11.6. The van der Waals surface area contributed by atoms with Crippen molar-refractivity contribution in [1.29, 1.82) is 0 Å². The Balaban J connectivity index is 2.18. The minimum atomic E-state index is -1.61. The molecular formula is C15H28O7. The molecule has 1 rings (SSSR count). The van der Waals surface area contributed by atoms with Crippen molar-refractivity contribution in [3.05, 3.63) is 0 Å². The number of unbranched alkanes of at least 4 members (excludes halogenated alkanes) is 5. The van der Waals surface area contributed by atoms with E-state index >= 15 is 0 Å². The van der Waals surface area contributed by atoms with E-state index in [9.17, 15) is 25.2 Å². The van der Waals surface area contributed by atoms with E-state index in [1.54, 1.807) is 0 Å². The number of hydrogen-bond donors (Lipinski definition) is 4. The van der Waals surface area contributed by atoms with E-state index in [4.69, 9.17) is 9.47 Å². The van der Waals surface area contributed by atoms with Gasteiger partial charge in [-0.15, -0.1) is 0 Å². The van der Waals surface area contributed by atoms with Crippen LogP contribution in [0.5, 0.6) is 0 Å². The van der Waals surface area contributed by atoms with Crippen molar-refractivity contribution in [3.63, 3.8) is 0 Å². The van der Waals surface area contributed by atoms with Crippen molar-refractivity contribution in [2.24, 2.45) is 0 Å². The third kappa shape index (κ3) is 6.18. The van der Waals surface area contributed by atoms with Crippen LogP contribution < -0.4 is 0 Å². The molecule has 1 aliphatic heterocycles. The van der Waals surface area contributed by atoms with Gasteiger partial charge in [0.25, 0.3) is 0 Å². The summed E-state index contributed by atoms with van der Waals surface area (Å²) in [4.78, 5) is 11.6. The fraction of sp³-hybridized carbons (Fsp3) is 0.933. The fourth-order valence-electron chi connectivity index (χ4n) is 2.37. The van der Waals surface area contributed by atoms with Crippen molar-refractivity contribution in [2.75, 3.05) is 6.61 Å². The second kappa shape index (κ2) is 10.1. The largest absolute Gasteiger partial charge is 0.463 e. The molecule has 0 saturated carbocycles. The summed E-state index contributed by atoms with van der Waals surface area (Å²) in [6.07, 6.45) is -0.521. The summed E-state index contributed by atoms with van der Waals surface area (Å²) < 4.78 is 9.90. The highest BCUT2D eigenvalue weighted by Gasteiger charge is 2.43. The molecule has 1 saturated heterocycles. The molecule has 7 nitrogen and oxygen atoms in total. The first-order valence-electron chi connectivity index (χ1n) is 8.00. The molecule has 7 heteroatoms. The van der Waals surface area contributed by atoms with Crippen LogP contribution in [0, 0.1) is 0 Å². The first kappa shape index (κ1) is 19.3. The van der Waals surface area contributed by atoms with E-state index < -0.39 is 36.7 Å². The lowest BCUT2D eigenvalue weighted by atomic mass is 9.99. The van der Waals surface area contributed by atoms with E-state index in [2.05, 4.69) is 6.92 Å². The maximum Gasteiger partial charge on any atom is 0.305 e. The molecule has 0 aromatic heterocycles. The quantitative estimate of drug-likeness (QED) is 0.351. The SMILES string of the molecule is CCCCCCCCC(=O)OCC1OC(O)C(O)C(O)C1O. The first-order valence-corrected chi connectivity index (χ1v) is 8.00. The summed E-state index contributed by atoms with van der Waals surface area (Å²) in [6, 6.07) is 0. The molecule has 0 aromatic carbocycles. The zero-order chi connectivity index (χ0) is 16.5. The average Bonchev–Trinajstić information content (AvgIpc) is 2.51. The summed E-state index contributed by atoms with van der Waals surface area (Å²) in [5, 5.41) is 37.9. The summed E-state index contributed by atoms with van der Waals surface area (Å²) >= 11 is 0. The van der Waals surface area contributed by atoms with E-state index in [0.29, 0.717) is 6.42 Å². The van der Waals surface area contributed by atoms with Crippen LogP contribution in [-0.4, -0.2) is 63.7 Å². The van der Waals surface area contributed by atoms with Crippen molar-refractivity contribution >= 4 is 5.97 Å². The molecule has 0 radical (unpaired) electrons. The zero-order valence-corrected chi connectivity index (χ0v) is 13.1. The summed E-state index contributed by atoms with van der Waals surface area (Å²) in [5.74, 6) is -0.401. The van der Waals surface area contributed by atoms with Crippen LogP contribution in [0.3, 0.4) is 0 Å². The summed E-state index contributed by atoms with van der Waals surface area (Å²) in [6.45, 7) is 1.88. The summed E-state index contributed by atoms with van der Waals surface area (Å²) in [5.41, 5.74) is 0.